The third-order valence-corrected chi connectivity index (χ3v) is 2.77. The molecule has 0 unspecified atom stereocenters. The van der Waals surface area contributed by atoms with E-state index in [4.69, 9.17) is 10.5 Å². The summed E-state index contributed by atoms with van der Waals surface area (Å²) in [5, 5.41) is 0. The Kier molecular flexibility index (Phi) is 4.42. The van der Waals surface area contributed by atoms with Crippen LogP contribution in [0.2, 0.25) is 0 Å². The molecule has 0 heterocycles. The largest absolute Gasteiger partial charge is 0.459 e. The van der Waals surface area contributed by atoms with Crippen LogP contribution >= 0.6 is 0 Å². The zero-order valence-corrected chi connectivity index (χ0v) is 9.59. The molecule has 0 aliphatic heterocycles. The van der Waals surface area contributed by atoms with E-state index in [0.717, 1.165) is 6.08 Å². The number of esters is 1. The van der Waals surface area contributed by atoms with Crippen LogP contribution in [0.15, 0.2) is 11.8 Å². The molecule has 1 aliphatic carbocycles. The van der Waals surface area contributed by atoms with E-state index in [-0.39, 0.29) is 25.7 Å². The number of halogens is 3. The summed E-state index contributed by atoms with van der Waals surface area (Å²) in [6.07, 6.45) is -2.87. The molecular weight excluding hydrogens is 235 g/mol. The van der Waals surface area contributed by atoms with Crippen molar-refractivity contribution in [2.75, 3.05) is 0 Å². The van der Waals surface area contributed by atoms with Gasteiger partial charge in [0, 0.05) is 11.8 Å². The zero-order valence-electron chi connectivity index (χ0n) is 9.59. The lowest BCUT2D eigenvalue weighted by Gasteiger charge is -2.29. The molecule has 0 aromatic heterocycles. The van der Waals surface area contributed by atoms with E-state index in [0.29, 0.717) is 5.70 Å². The van der Waals surface area contributed by atoms with E-state index >= 15 is 0 Å². The molecular formula is C11H16F3NO2. The Morgan fingerprint density at radius 2 is 1.82 bits per heavy atom. The number of hydrogen-bond acceptors (Lipinski definition) is 3. The average Bonchev–Trinajstić information content (AvgIpc) is 2.15. The number of ether oxygens (including phenoxy) is 1. The van der Waals surface area contributed by atoms with Gasteiger partial charge in [0.05, 0.1) is 5.92 Å². The van der Waals surface area contributed by atoms with Gasteiger partial charge < -0.3 is 10.5 Å². The quantitative estimate of drug-likeness (QED) is 0.606. The summed E-state index contributed by atoms with van der Waals surface area (Å²) >= 11 is 0. The second-order valence-corrected chi connectivity index (χ2v) is 4.34. The Morgan fingerprint density at radius 3 is 2.24 bits per heavy atom. The highest BCUT2D eigenvalue weighted by molar-refractivity contribution is 5.82. The van der Waals surface area contributed by atoms with Crippen LogP contribution in [-0.4, -0.2) is 18.2 Å². The fourth-order valence-corrected chi connectivity index (χ4v) is 1.89. The standard InChI is InChI=1S/C11H16F3NO2/c1-7(15)6-10(16)17-9-4-2-8(3-5-9)11(12,13)14/h6,8-9H,2-5,15H2,1H3/b7-6-. The smallest absolute Gasteiger partial charge is 0.391 e. The summed E-state index contributed by atoms with van der Waals surface area (Å²) in [4.78, 5) is 11.2. The molecule has 0 aromatic rings. The van der Waals surface area contributed by atoms with Crippen LogP contribution in [0.1, 0.15) is 32.6 Å². The van der Waals surface area contributed by atoms with Crippen LogP contribution < -0.4 is 5.73 Å². The van der Waals surface area contributed by atoms with Gasteiger partial charge in [0.1, 0.15) is 6.10 Å². The molecule has 1 fully saturated rings. The summed E-state index contributed by atoms with van der Waals surface area (Å²) in [7, 11) is 0. The van der Waals surface area contributed by atoms with Crippen LogP contribution in [0.25, 0.3) is 0 Å². The minimum absolute atomic E-state index is 0.0206. The Labute approximate surface area is 97.8 Å². The van der Waals surface area contributed by atoms with E-state index in [1.165, 1.54) is 0 Å². The van der Waals surface area contributed by atoms with Crippen LogP contribution in [0.3, 0.4) is 0 Å². The van der Waals surface area contributed by atoms with Gasteiger partial charge in [-0.05, 0) is 32.6 Å². The minimum atomic E-state index is -4.14. The van der Waals surface area contributed by atoms with E-state index in [2.05, 4.69) is 0 Å². The monoisotopic (exact) mass is 251 g/mol. The molecule has 1 saturated carbocycles. The van der Waals surface area contributed by atoms with Gasteiger partial charge in [-0.15, -0.1) is 0 Å². The minimum Gasteiger partial charge on any atom is -0.459 e. The van der Waals surface area contributed by atoms with Crippen molar-refractivity contribution >= 4 is 5.97 Å². The van der Waals surface area contributed by atoms with Crippen molar-refractivity contribution in [3.8, 4) is 0 Å². The topological polar surface area (TPSA) is 52.3 Å². The Bertz CT molecular complexity index is 300. The summed E-state index contributed by atoms with van der Waals surface area (Å²) in [5.74, 6) is -1.84. The molecule has 6 heteroatoms. The third-order valence-electron chi connectivity index (χ3n) is 2.77. The maximum Gasteiger partial charge on any atom is 0.391 e. The highest BCUT2D eigenvalue weighted by Gasteiger charge is 2.41. The van der Waals surface area contributed by atoms with Crippen molar-refractivity contribution in [1.29, 1.82) is 0 Å². The van der Waals surface area contributed by atoms with Gasteiger partial charge in [0.15, 0.2) is 0 Å². The number of nitrogens with two attached hydrogens (primary N) is 1. The molecule has 1 aliphatic rings. The maximum atomic E-state index is 12.4. The lowest BCUT2D eigenvalue weighted by molar-refractivity contribution is -0.188. The zero-order chi connectivity index (χ0) is 13.1. The number of hydrogen-bond donors (Lipinski definition) is 1. The Morgan fingerprint density at radius 1 is 1.29 bits per heavy atom. The summed E-state index contributed by atoms with van der Waals surface area (Å²) in [6, 6.07) is 0. The van der Waals surface area contributed by atoms with Crippen molar-refractivity contribution < 1.29 is 22.7 Å². The van der Waals surface area contributed by atoms with Crippen LogP contribution in [0.5, 0.6) is 0 Å². The molecule has 17 heavy (non-hydrogen) atoms. The molecule has 3 nitrogen and oxygen atoms in total. The van der Waals surface area contributed by atoms with Crippen molar-refractivity contribution in [3.05, 3.63) is 11.8 Å². The second-order valence-electron chi connectivity index (χ2n) is 4.34. The van der Waals surface area contributed by atoms with Crippen LogP contribution in [0.4, 0.5) is 13.2 Å². The van der Waals surface area contributed by atoms with Gasteiger partial charge in [-0.2, -0.15) is 13.2 Å². The lowest BCUT2D eigenvalue weighted by Crippen LogP contribution is -2.31. The molecule has 1 rings (SSSR count). The molecule has 98 valence electrons. The lowest BCUT2D eigenvalue weighted by atomic mass is 9.87. The van der Waals surface area contributed by atoms with Crippen molar-refractivity contribution in [3.63, 3.8) is 0 Å². The maximum absolute atomic E-state index is 12.4. The Balaban J connectivity index is 2.38. The normalized spacial score (nSPS) is 26.7. The van der Waals surface area contributed by atoms with Gasteiger partial charge in [-0.1, -0.05) is 0 Å². The van der Waals surface area contributed by atoms with Crippen molar-refractivity contribution in [2.24, 2.45) is 11.7 Å². The van der Waals surface area contributed by atoms with Crippen molar-refractivity contribution in [2.45, 2.75) is 44.9 Å². The van der Waals surface area contributed by atoms with E-state index < -0.39 is 24.2 Å². The SMILES string of the molecule is C/C(N)=C/C(=O)OC1CCC(C(F)(F)F)CC1. The fraction of sp³-hybridized carbons (Fsp3) is 0.727. The number of allylic oxidation sites excluding steroid dienone is 1. The summed E-state index contributed by atoms with van der Waals surface area (Å²) in [6.45, 7) is 1.54. The molecule has 0 saturated heterocycles. The van der Waals surface area contributed by atoms with Crippen LogP contribution in [0, 0.1) is 5.92 Å². The molecule has 0 amide bonds. The number of alkyl halides is 3. The predicted molar refractivity (Wildman–Crippen MR) is 55.8 cm³/mol. The first-order valence-corrected chi connectivity index (χ1v) is 5.50. The third kappa shape index (κ3) is 4.66. The van der Waals surface area contributed by atoms with Crippen molar-refractivity contribution in [1.82, 2.24) is 0 Å². The molecule has 0 atom stereocenters. The number of rotatable bonds is 2. The first kappa shape index (κ1) is 13.9. The van der Waals surface area contributed by atoms with Gasteiger partial charge >= 0.3 is 12.1 Å². The summed E-state index contributed by atoms with van der Waals surface area (Å²) in [5.41, 5.74) is 5.61. The number of carbonyl (C=O) groups excluding carboxylic acids is 1. The molecule has 0 radical (unpaired) electrons. The van der Waals surface area contributed by atoms with Gasteiger partial charge in [0.25, 0.3) is 0 Å². The first-order valence-electron chi connectivity index (χ1n) is 5.50. The first-order chi connectivity index (χ1) is 7.79. The van der Waals surface area contributed by atoms with Gasteiger partial charge in [0.2, 0.25) is 0 Å². The van der Waals surface area contributed by atoms with Gasteiger partial charge in [-0.25, -0.2) is 4.79 Å². The highest BCUT2D eigenvalue weighted by atomic mass is 19.4. The number of carbonyl (C=O) groups is 1. The molecule has 2 N–H and O–H groups in total. The molecule has 0 aromatic carbocycles. The Hall–Kier alpha value is -1.20. The average molecular weight is 251 g/mol. The summed E-state index contributed by atoms with van der Waals surface area (Å²) < 4.78 is 42.1. The second kappa shape index (κ2) is 5.42. The molecule has 0 spiro atoms. The van der Waals surface area contributed by atoms with Gasteiger partial charge in [-0.3, -0.25) is 0 Å². The van der Waals surface area contributed by atoms with E-state index in [9.17, 15) is 18.0 Å². The molecule has 0 bridgehead atoms. The van der Waals surface area contributed by atoms with E-state index in [1.54, 1.807) is 6.92 Å². The van der Waals surface area contributed by atoms with Crippen LogP contribution in [-0.2, 0) is 9.53 Å². The van der Waals surface area contributed by atoms with E-state index in [1.807, 2.05) is 0 Å². The predicted octanol–water partition coefficient (Wildman–Crippen LogP) is 2.51. The fourth-order valence-electron chi connectivity index (χ4n) is 1.89. The highest BCUT2D eigenvalue weighted by Crippen LogP contribution is 2.38.